The third kappa shape index (κ3) is 4.03. The molecule has 0 saturated carbocycles. The van der Waals surface area contributed by atoms with Crippen LogP contribution in [0.15, 0.2) is 65.5 Å². The van der Waals surface area contributed by atoms with Crippen LogP contribution < -0.4 is 21.1 Å². The van der Waals surface area contributed by atoms with Gasteiger partial charge in [-0.05, 0) is 36.4 Å². The fraction of sp³-hybridized carbons (Fsp3) is 0.136. The van der Waals surface area contributed by atoms with E-state index in [0.29, 0.717) is 23.9 Å². The van der Waals surface area contributed by atoms with Crippen LogP contribution in [0.3, 0.4) is 0 Å². The fourth-order valence-corrected chi connectivity index (χ4v) is 3.38. The van der Waals surface area contributed by atoms with Crippen LogP contribution in [0, 0.1) is 5.82 Å². The second kappa shape index (κ2) is 8.04. The number of nitrogens with one attached hydrogen (secondary N) is 2. The monoisotopic (exact) mass is 418 g/mol. The van der Waals surface area contributed by atoms with Crippen LogP contribution in [-0.4, -0.2) is 21.6 Å². The highest BCUT2D eigenvalue weighted by Crippen LogP contribution is 2.33. The van der Waals surface area contributed by atoms with Gasteiger partial charge in [0.05, 0.1) is 19.0 Å². The number of nitrogens with two attached hydrogens (primary N) is 1. The molecule has 156 valence electrons. The van der Waals surface area contributed by atoms with Crippen LogP contribution in [0.4, 0.5) is 27.5 Å². The molecular formula is C22H19FN6O2. The van der Waals surface area contributed by atoms with E-state index in [0.717, 1.165) is 29.5 Å². The Morgan fingerprint density at radius 3 is 2.84 bits per heavy atom. The quantitative estimate of drug-likeness (QED) is 0.433. The lowest BCUT2D eigenvalue weighted by atomic mass is 10.0. The summed E-state index contributed by atoms with van der Waals surface area (Å²) in [6.45, 7) is 0.591. The van der Waals surface area contributed by atoms with Crippen LogP contribution in [0.5, 0.6) is 5.75 Å². The number of anilines is 4. The summed E-state index contributed by atoms with van der Waals surface area (Å²) in [6.07, 6.45) is 4.94. The molecule has 9 heteroatoms. The van der Waals surface area contributed by atoms with Crippen molar-refractivity contribution in [2.24, 2.45) is 5.73 Å². The first kappa shape index (κ1) is 19.0. The van der Waals surface area contributed by atoms with Gasteiger partial charge in [-0.1, -0.05) is 6.07 Å². The van der Waals surface area contributed by atoms with Gasteiger partial charge in [-0.25, -0.2) is 14.4 Å². The Balaban J connectivity index is 1.38. The average Bonchev–Trinajstić information content (AvgIpc) is 3.32. The molecule has 0 aliphatic carbocycles. The van der Waals surface area contributed by atoms with Gasteiger partial charge in [-0.3, -0.25) is 0 Å². The van der Waals surface area contributed by atoms with E-state index >= 15 is 0 Å². The van der Waals surface area contributed by atoms with Crippen molar-refractivity contribution < 1.29 is 13.5 Å². The van der Waals surface area contributed by atoms with E-state index in [1.165, 1.54) is 6.26 Å². The third-order valence-electron chi connectivity index (χ3n) is 4.90. The summed E-state index contributed by atoms with van der Waals surface area (Å²) in [5.41, 5.74) is 9.22. The summed E-state index contributed by atoms with van der Waals surface area (Å²) in [6, 6.07) is 12.8. The summed E-state index contributed by atoms with van der Waals surface area (Å²) in [5.74, 6) is 0.969. The van der Waals surface area contributed by atoms with E-state index in [9.17, 15) is 4.39 Å². The predicted molar refractivity (Wildman–Crippen MR) is 114 cm³/mol. The van der Waals surface area contributed by atoms with Gasteiger partial charge in [-0.2, -0.15) is 4.98 Å². The number of fused-ring (bicyclic) bond motifs is 1. The lowest BCUT2D eigenvalue weighted by Gasteiger charge is -2.23. The number of aromatic nitrogens is 3. The number of hydrogen-bond donors (Lipinski definition) is 3. The number of benzene rings is 2. The van der Waals surface area contributed by atoms with Gasteiger partial charge >= 0.3 is 0 Å². The van der Waals surface area contributed by atoms with Crippen molar-refractivity contribution in [3.8, 4) is 17.2 Å². The Hall–Kier alpha value is -3.98. The molecule has 0 radical (unpaired) electrons. The molecule has 5 rings (SSSR count). The predicted octanol–water partition coefficient (Wildman–Crippen LogP) is 4.54. The Morgan fingerprint density at radius 1 is 1.06 bits per heavy atom. The van der Waals surface area contributed by atoms with Crippen LogP contribution in [-0.2, 0) is 0 Å². The fourth-order valence-electron chi connectivity index (χ4n) is 3.38. The summed E-state index contributed by atoms with van der Waals surface area (Å²) >= 11 is 0. The summed E-state index contributed by atoms with van der Waals surface area (Å²) < 4.78 is 25.3. The zero-order valence-corrected chi connectivity index (χ0v) is 16.4. The lowest BCUT2D eigenvalue weighted by Crippen LogP contribution is -2.20. The minimum absolute atomic E-state index is 0.0478. The summed E-state index contributed by atoms with van der Waals surface area (Å²) in [5, 5.41) is 6.08. The molecule has 0 amide bonds. The highest BCUT2D eigenvalue weighted by atomic mass is 19.1. The van der Waals surface area contributed by atoms with Crippen LogP contribution in [0.1, 0.15) is 18.0 Å². The van der Waals surface area contributed by atoms with E-state index < -0.39 is 5.82 Å². The number of halogens is 1. The number of nitrogens with zero attached hydrogens (tertiary/aromatic N) is 3. The molecule has 8 nitrogen and oxygen atoms in total. The normalized spacial score (nSPS) is 15.1. The second-order valence-electron chi connectivity index (χ2n) is 7.05. The first-order valence-corrected chi connectivity index (χ1v) is 9.74. The first-order chi connectivity index (χ1) is 15.2. The lowest BCUT2D eigenvalue weighted by molar-refractivity contribution is 0.269. The van der Waals surface area contributed by atoms with Gasteiger partial charge in [0, 0.05) is 35.0 Å². The van der Waals surface area contributed by atoms with E-state index in [2.05, 4.69) is 25.6 Å². The number of oxazole rings is 1. The standard InChI is InChI=1S/C22H19FN6O2/c23-17-12-26-22(28-14-3-1-2-13(10-14)21-25-7-9-31-21)29-20(17)27-15-4-5-19-16(11-15)18(24)6-8-30-19/h1-5,7,9-12,18H,6,8,24H2,(H2,26,27,28,29). The Morgan fingerprint density at radius 2 is 1.97 bits per heavy atom. The van der Waals surface area contributed by atoms with E-state index in [1.807, 2.05) is 36.4 Å². The van der Waals surface area contributed by atoms with Gasteiger partial charge in [0.2, 0.25) is 11.8 Å². The van der Waals surface area contributed by atoms with E-state index in [1.54, 1.807) is 12.3 Å². The first-order valence-electron chi connectivity index (χ1n) is 9.74. The maximum atomic E-state index is 14.4. The molecular weight excluding hydrogens is 399 g/mol. The summed E-state index contributed by atoms with van der Waals surface area (Å²) in [7, 11) is 0. The molecule has 0 bridgehead atoms. The Labute approximate surface area is 177 Å². The van der Waals surface area contributed by atoms with Gasteiger partial charge in [0.1, 0.15) is 12.0 Å². The van der Waals surface area contributed by atoms with Crippen LogP contribution in [0.25, 0.3) is 11.5 Å². The Kier molecular flexibility index (Phi) is 4.93. The van der Waals surface area contributed by atoms with E-state index in [4.69, 9.17) is 14.9 Å². The minimum atomic E-state index is -0.572. The molecule has 4 N–H and O–H groups in total. The second-order valence-corrected chi connectivity index (χ2v) is 7.05. The van der Waals surface area contributed by atoms with Crippen LogP contribution in [0.2, 0.25) is 0 Å². The van der Waals surface area contributed by atoms with Crippen molar-refractivity contribution in [2.75, 3.05) is 17.2 Å². The maximum absolute atomic E-state index is 14.4. The molecule has 1 atom stereocenters. The van der Waals surface area contributed by atoms with Crippen LogP contribution >= 0.6 is 0 Å². The largest absolute Gasteiger partial charge is 0.493 e. The van der Waals surface area contributed by atoms with Gasteiger partial charge in [0.15, 0.2) is 11.6 Å². The number of rotatable bonds is 5. The SMILES string of the molecule is NC1CCOc2ccc(Nc3nc(Nc4cccc(-c5ncco5)c4)ncc3F)cc21. The molecule has 0 saturated heterocycles. The average molecular weight is 418 g/mol. The molecule has 31 heavy (non-hydrogen) atoms. The molecule has 1 unspecified atom stereocenters. The minimum Gasteiger partial charge on any atom is -0.493 e. The molecule has 1 aliphatic rings. The highest BCUT2D eigenvalue weighted by molar-refractivity contribution is 5.66. The smallest absolute Gasteiger partial charge is 0.229 e. The van der Waals surface area contributed by atoms with Gasteiger partial charge in [-0.15, -0.1) is 0 Å². The van der Waals surface area contributed by atoms with Crippen molar-refractivity contribution >= 4 is 23.1 Å². The van der Waals surface area contributed by atoms with Crippen molar-refractivity contribution in [2.45, 2.75) is 12.5 Å². The highest BCUT2D eigenvalue weighted by Gasteiger charge is 2.19. The van der Waals surface area contributed by atoms with Gasteiger partial charge < -0.3 is 25.5 Å². The van der Waals surface area contributed by atoms with Crippen molar-refractivity contribution in [1.29, 1.82) is 0 Å². The molecule has 0 spiro atoms. The molecule has 1 aliphatic heterocycles. The Bertz CT molecular complexity index is 1210. The third-order valence-corrected chi connectivity index (χ3v) is 4.90. The molecule has 3 heterocycles. The van der Waals surface area contributed by atoms with Crippen molar-refractivity contribution in [1.82, 2.24) is 15.0 Å². The zero-order valence-electron chi connectivity index (χ0n) is 16.4. The zero-order chi connectivity index (χ0) is 21.2. The molecule has 0 fully saturated rings. The maximum Gasteiger partial charge on any atom is 0.229 e. The van der Waals surface area contributed by atoms with Crippen molar-refractivity contribution in [3.63, 3.8) is 0 Å². The number of hydrogen-bond acceptors (Lipinski definition) is 8. The molecule has 4 aromatic rings. The molecule has 2 aromatic carbocycles. The van der Waals surface area contributed by atoms with E-state index in [-0.39, 0.29) is 17.8 Å². The van der Waals surface area contributed by atoms with Gasteiger partial charge in [0.25, 0.3) is 0 Å². The van der Waals surface area contributed by atoms with Crippen molar-refractivity contribution in [3.05, 3.63) is 72.5 Å². The molecule has 2 aromatic heterocycles. The number of ether oxygens (including phenoxy) is 1. The topological polar surface area (TPSA) is 111 Å². The summed E-state index contributed by atoms with van der Waals surface area (Å²) in [4.78, 5) is 12.5.